The zero-order valence-corrected chi connectivity index (χ0v) is 26.9. The zero-order chi connectivity index (χ0) is 33.1. The van der Waals surface area contributed by atoms with E-state index in [1.54, 1.807) is 6.07 Å². The SMILES string of the molecule is C=CC(=O)CC1CCN(CCn2c(C#N)cc3cc(CN4CCC(Nc5ncnc6sc(CC(F)(F)F)cc56)CC4)c(O)cc32)CC1. The molecular formula is C34H38F3N7O2S. The number of thiophene rings is 1. The first kappa shape index (κ1) is 32.9. The molecule has 3 aromatic heterocycles. The van der Waals surface area contributed by atoms with Gasteiger partial charge < -0.3 is 19.9 Å². The number of nitrogens with one attached hydrogen (secondary N) is 1. The summed E-state index contributed by atoms with van der Waals surface area (Å²) in [6.07, 6.45) is 1.67. The largest absolute Gasteiger partial charge is 0.508 e. The van der Waals surface area contributed by atoms with Crippen LogP contribution in [0.1, 0.15) is 48.2 Å². The van der Waals surface area contributed by atoms with E-state index in [4.69, 9.17) is 0 Å². The number of halogens is 3. The third kappa shape index (κ3) is 7.94. The number of phenols is 1. The van der Waals surface area contributed by atoms with Crippen LogP contribution >= 0.6 is 11.3 Å². The summed E-state index contributed by atoms with van der Waals surface area (Å²) in [6.45, 7) is 8.93. The Morgan fingerprint density at radius 3 is 2.53 bits per heavy atom. The van der Waals surface area contributed by atoms with Gasteiger partial charge in [0.2, 0.25) is 0 Å². The van der Waals surface area contributed by atoms with E-state index < -0.39 is 12.6 Å². The highest BCUT2D eigenvalue weighted by molar-refractivity contribution is 7.18. The molecule has 6 rings (SSSR count). The highest BCUT2D eigenvalue weighted by Gasteiger charge is 2.29. The Kier molecular flexibility index (Phi) is 9.82. The number of alkyl halides is 3. The minimum Gasteiger partial charge on any atom is -0.508 e. The molecule has 248 valence electrons. The van der Waals surface area contributed by atoms with Gasteiger partial charge >= 0.3 is 6.18 Å². The van der Waals surface area contributed by atoms with E-state index in [9.17, 15) is 28.3 Å². The number of aromatic nitrogens is 3. The summed E-state index contributed by atoms with van der Waals surface area (Å²) >= 11 is 1.04. The summed E-state index contributed by atoms with van der Waals surface area (Å²) < 4.78 is 40.8. The number of hydrogen-bond donors (Lipinski definition) is 2. The maximum absolute atomic E-state index is 12.9. The molecule has 9 nitrogen and oxygen atoms in total. The minimum absolute atomic E-state index is 0.103. The summed E-state index contributed by atoms with van der Waals surface area (Å²) in [6, 6.07) is 9.58. The van der Waals surface area contributed by atoms with Gasteiger partial charge in [0.05, 0.1) is 17.3 Å². The first-order valence-electron chi connectivity index (χ1n) is 16.0. The molecule has 47 heavy (non-hydrogen) atoms. The van der Waals surface area contributed by atoms with Gasteiger partial charge in [-0.25, -0.2) is 9.97 Å². The van der Waals surface area contributed by atoms with Crippen LogP contribution in [0, 0.1) is 17.2 Å². The monoisotopic (exact) mass is 665 g/mol. The standard InChI is InChI=1S/C34H38F3N7O2S/c1-2-27(45)13-22-3-7-42(8-4-22)11-12-44-26(19-38)15-23-14-24(31(46)17-30(23)44)20-43-9-5-25(6-10-43)41-32-29-16-28(18-34(35,36)37)47-33(29)40-21-39-32/h2,14-17,21-22,25,46H,1,3-13,18,20H2,(H,39,40,41). The number of piperidine rings is 2. The third-order valence-corrected chi connectivity index (χ3v) is 10.4. The lowest BCUT2D eigenvalue weighted by Gasteiger charge is -2.32. The fourth-order valence-electron chi connectivity index (χ4n) is 6.80. The van der Waals surface area contributed by atoms with E-state index in [2.05, 4.69) is 37.7 Å². The molecule has 0 spiro atoms. The number of nitrogens with zero attached hydrogens (tertiary/aromatic N) is 6. The van der Waals surface area contributed by atoms with Crippen LogP contribution < -0.4 is 5.32 Å². The fourth-order valence-corrected chi connectivity index (χ4v) is 7.83. The summed E-state index contributed by atoms with van der Waals surface area (Å²) in [5.74, 6) is 1.26. The topological polar surface area (TPSA) is 110 Å². The average Bonchev–Trinajstić information content (AvgIpc) is 3.61. The molecule has 2 saturated heterocycles. The summed E-state index contributed by atoms with van der Waals surface area (Å²) in [5.41, 5.74) is 2.19. The molecule has 0 saturated carbocycles. The number of carbonyl (C=O) groups excluding carboxylic acids is 1. The average molecular weight is 666 g/mol. The molecule has 0 atom stereocenters. The second-order valence-electron chi connectivity index (χ2n) is 12.6. The number of likely N-dealkylation sites (tertiary alicyclic amines) is 2. The quantitative estimate of drug-likeness (QED) is 0.181. The number of allylic oxidation sites excluding steroid dienone is 1. The van der Waals surface area contributed by atoms with Crippen molar-refractivity contribution >= 4 is 44.1 Å². The van der Waals surface area contributed by atoms with Crippen molar-refractivity contribution in [2.24, 2.45) is 5.92 Å². The number of nitriles is 1. The van der Waals surface area contributed by atoms with Crippen molar-refractivity contribution in [3.8, 4) is 11.8 Å². The lowest BCUT2D eigenvalue weighted by molar-refractivity contribution is -0.126. The number of anilines is 1. The van der Waals surface area contributed by atoms with Crippen molar-refractivity contribution in [2.45, 2.75) is 63.8 Å². The number of fused-ring (bicyclic) bond motifs is 2. The molecule has 0 amide bonds. The van der Waals surface area contributed by atoms with Gasteiger partial charge in [-0.05, 0) is 69.0 Å². The molecule has 2 N–H and O–H groups in total. The second-order valence-corrected chi connectivity index (χ2v) is 13.7. The minimum atomic E-state index is -4.27. The maximum atomic E-state index is 12.9. The molecule has 2 fully saturated rings. The van der Waals surface area contributed by atoms with Gasteiger partial charge in [0.25, 0.3) is 0 Å². The van der Waals surface area contributed by atoms with Gasteiger partial charge in [-0.1, -0.05) is 6.58 Å². The Hall–Kier alpha value is -3.99. The molecule has 0 bridgehead atoms. The lowest BCUT2D eigenvalue weighted by Crippen LogP contribution is -2.38. The highest BCUT2D eigenvalue weighted by Crippen LogP contribution is 2.34. The second kappa shape index (κ2) is 14.0. The van der Waals surface area contributed by atoms with Gasteiger partial charge in [-0.2, -0.15) is 18.4 Å². The van der Waals surface area contributed by atoms with E-state index in [-0.39, 0.29) is 22.5 Å². The predicted octanol–water partition coefficient (Wildman–Crippen LogP) is 6.26. The van der Waals surface area contributed by atoms with Crippen molar-refractivity contribution in [3.63, 3.8) is 0 Å². The summed E-state index contributed by atoms with van der Waals surface area (Å²) in [5, 5.41) is 25.9. The van der Waals surface area contributed by atoms with Gasteiger partial charge in [-0.15, -0.1) is 11.3 Å². The molecule has 5 heterocycles. The number of aromatic hydroxyl groups is 1. The first-order chi connectivity index (χ1) is 22.6. The van der Waals surface area contributed by atoms with Crippen molar-refractivity contribution in [2.75, 3.05) is 38.0 Å². The normalized spacial score (nSPS) is 17.3. The Balaban J connectivity index is 1.05. The van der Waals surface area contributed by atoms with Gasteiger partial charge in [0.1, 0.15) is 34.5 Å². The van der Waals surface area contributed by atoms with Crippen LogP contribution in [0.3, 0.4) is 0 Å². The number of phenolic OH excluding ortho intramolecular Hbond substituents is 1. The number of carbonyl (C=O) groups is 1. The maximum Gasteiger partial charge on any atom is 0.393 e. The van der Waals surface area contributed by atoms with Crippen molar-refractivity contribution in [3.05, 3.63) is 59.4 Å². The molecule has 2 aliphatic rings. The van der Waals surface area contributed by atoms with Crippen molar-refractivity contribution in [1.82, 2.24) is 24.3 Å². The van der Waals surface area contributed by atoms with Gasteiger partial charge in [0, 0.05) is 67.1 Å². The zero-order valence-electron chi connectivity index (χ0n) is 26.1. The van der Waals surface area contributed by atoms with Crippen LogP contribution in [0.2, 0.25) is 0 Å². The summed E-state index contributed by atoms with van der Waals surface area (Å²) in [4.78, 5) is 25.6. The Bertz CT molecular complexity index is 1800. The molecular weight excluding hydrogens is 627 g/mol. The van der Waals surface area contributed by atoms with E-state index >= 15 is 0 Å². The number of benzene rings is 1. The third-order valence-electron chi connectivity index (χ3n) is 9.36. The lowest BCUT2D eigenvalue weighted by atomic mass is 9.92. The van der Waals surface area contributed by atoms with Gasteiger partial charge in [-0.3, -0.25) is 9.69 Å². The Morgan fingerprint density at radius 2 is 1.83 bits per heavy atom. The first-order valence-corrected chi connectivity index (χ1v) is 16.8. The van der Waals surface area contributed by atoms with Crippen LogP contribution in [-0.4, -0.2) is 80.2 Å². The number of hydrogen-bond acceptors (Lipinski definition) is 9. The molecule has 4 aromatic rings. The molecule has 13 heteroatoms. The van der Waals surface area contributed by atoms with E-state index in [1.165, 1.54) is 18.5 Å². The highest BCUT2D eigenvalue weighted by atomic mass is 32.1. The smallest absolute Gasteiger partial charge is 0.393 e. The van der Waals surface area contributed by atoms with Gasteiger partial charge in [0.15, 0.2) is 5.78 Å². The van der Waals surface area contributed by atoms with Crippen LogP contribution in [0.4, 0.5) is 19.0 Å². The molecule has 0 radical (unpaired) electrons. The number of ketones is 1. The molecule has 2 aliphatic heterocycles. The van der Waals surface area contributed by atoms with Crippen molar-refractivity contribution < 1.29 is 23.1 Å². The van der Waals surface area contributed by atoms with E-state index in [0.29, 0.717) is 47.2 Å². The van der Waals surface area contributed by atoms with Crippen LogP contribution in [0.5, 0.6) is 5.75 Å². The molecule has 0 unspecified atom stereocenters. The molecule has 1 aromatic carbocycles. The Morgan fingerprint density at radius 1 is 1.09 bits per heavy atom. The van der Waals surface area contributed by atoms with Crippen molar-refractivity contribution in [1.29, 1.82) is 5.26 Å². The Labute approximate surface area is 275 Å². The van der Waals surface area contributed by atoms with Crippen LogP contribution in [0.25, 0.3) is 21.1 Å². The fraction of sp³-hybridized carbons (Fsp3) is 0.471. The summed E-state index contributed by atoms with van der Waals surface area (Å²) in [7, 11) is 0. The predicted molar refractivity (Wildman–Crippen MR) is 176 cm³/mol. The van der Waals surface area contributed by atoms with E-state index in [1.807, 2.05) is 16.7 Å². The van der Waals surface area contributed by atoms with E-state index in [0.717, 1.165) is 86.2 Å². The molecule has 0 aliphatic carbocycles. The van der Waals surface area contributed by atoms with Crippen LogP contribution in [0.15, 0.2) is 43.2 Å². The van der Waals surface area contributed by atoms with Crippen LogP contribution in [-0.2, 0) is 24.3 Å². The number of rotatable bonds is 11.